The smallest absolute Gasteiger partial charge is 0.289 e. The van der Waals surface area contributed by atoms with E-state index in [9.17, 15) is 9.18 Å². The quantitative estimate of drug-likeness (QED) is 0.565. The fraction of sp³-hybridized carbons (Fsp3) is 0. The third-order valence-corrected chi connectivity index (χ3v) is 3.52. The van der Waals surface area contributed by atoms with Crippen molar-refractivity contribution >= 4 is 28.3 Å². The van der Waals surface area contributed by atoms with Gasteiger partial charge in [-0.25, -0.2) is 14.4 Å². The number of para-hydroxylation sites is 1. The van der Waals surface area contributed by atoms with Crippen molar-refractivity contribution in [3.05, 3.63) is 66.6 Å². The SMILES string of the molecule is O=C(NNc1nc2cccc(F)c2n2cccc12)c1cnccn1. The summed E-state index contributed by atoms with van der Waals surface area (Å²) in [5.41, 5.74) is 6.92. The number of aromatic nitrogens is 4. The maximum atomic E-state index is 14.1. The Hall–Kier alpha value is -3.55. The van der Waals surface area contributed by atoms with Crippen LogP contribution in [0.15, 0.2) is 55.1 Å². The van der Waals surface area contributed by atoms with Gasteiger partial charge in [-0.3, -0.25) is 20.6 Å². The highest BCUT2D eigenvalue weighted by Crippen LogP contribution is 2.23. The van der Waals surface area contributed by atoms with E-state index in [2.05, 4.69) is 25.8 Å². The van der Waals surface area contributed by atoms with E-state index in [0.29, 0.717) is 22.4 Å². The predicted molar refractivity (Wildman–Crippen MR) is 85.8 cm³/mol. The molecule has 0 aliphatic heterocycles. The molecule has 4 aromatic rings. The van der Waals surface area contributed by atoms with Crippen LogP contribution >= 0.6 is 0 Å². The lowest BCUT2D eigenvalue weighted by Gasteiger charge is -2.11. The van der Waals surface area contributed by atoms with Crippen molar-refractivity contribution in [2.75, 3.05) is 5.43 Å². The summed E-state index contributed by atoms with van der Waals surface area (Å²) >= 11 is 0. The van der Waals surface area contributed by atoms with E-state index in [4.69, 9.17) is 0 Å². The number of nitrogens with zero attached hydrogens (tertiary/aromatic N) is 4. The van der Waals surface area contributed by atoms with Crippen molar-refractivity contribution in [3.8, 4) is 0 Å². The summed E-state index contributed by atoms with van der Waals surface area (Å²) in [5.74, 6) is -0.416. The van der Waals surface area contributed by atoms with Crippen molar-refractivity contribution in [2.45, 2.75) is 0 Å². The van der Waals surface area contributed by atoms with Crippen molar-refractivity contribution in [2.24, 2.45) is 0 Å². The van der Waals surface area contributed by atoms with E-state index in [0.717, 1.165) is 0 Å². The molecule has 3 heterocycles. The Morgan fingerprint density at radius 2 is 2.08 bits per heavy atom. The fourth-order valence-corrected chi connectivity index (χ4v) is 2.47. The summed E-state index contributed by atoms with van der Waals surface area (Å²) in [6.07, 6.45) is 6.00. The zero-order valence-electron chi connectivity index (χ0n) is 12.3. The third kappa shape index (κ3) is 2.30. The molecule has 0 bridgehead atoms. The van der Waals surface area contributed by atoms with E-state index >= 15 is 0 Å². The number of nitrogens with one attached hydrogen (secondary N) is 2. The van der Waals surface area contributed by atoms with E-state index in [1.165, 1.54) is 24.7 Å². The van der Waals surface area contributed by atoms with Crippen LogP contribution in [-0.4, -0.2) is 25.3 Å². The summed E-state index contributed by atoms with van der Waals surface area (Å²) in [4.78, 5) is 24.2. The highest BCUT2D eigenvalue weighted by Gasteiger charge is 2.12. The summed E-state index contributed by atoms with van der Waals surface area (Å²) in [7, 11) is 0. The van der Waals surface area contributed by atoms with Crippen LogP contribution in [0.1, 0.15) is 10.5 Å². The van der Waals surface area contributed by atoms with Crippen molar-refractivity contribution in [1.29, 1.82) is 0 Å². The molecule has 0 saturated carbocycles. The average Bonchev–Trinajstić information content (AvgIpc) is 3.10. The van der Waals surface area contributed by atoms with Crippen LogP contribution in [0.25, 0.3) is 16.6 Å². The Balaban J connectivity index is 1.71. The predicted octanol–water partition coefficient (Wildman–Crippen LogP) is 2.17. The molecule has 2 N–H and O–H groups in total. The zero-order valence-corrected chi connectivity index (χ0v) is 12.3. The molecule has 0 unspecified atom stereocenters. The van der Waals surface area contributed by atoms with E-state index in [1.54, 1.807) is 34.9 Å². The molecule has 0 radical (unpaired) electrons. The molecule has 0 saturated heterocycles. The van der Waals surface area contributed by atoms with Crippen molar-refractivity contribution < 1.29 is 9.18 Å². The Morgan fingerprint density at radius 1 is 1.17 bits per heavy atom. The molecule has 0 aliphatic rings. The van der Waals surface area contributed by atoms with Gasteiger partial charge in [-0.15, -0.1) is 0 Å². The molecule has 0 fully saturated rings. The van der Waals surface area contributed by atoms with Crippen LogP contribution in [0, 0.1) is 5.82 Å². The first kappa shape index (κ1) is 14.1. The molecular weight excluding hydrogens is 311 g/mol. The van der Waals surface area contributed by atoms with Gasteiger partial charge < -0.3 is 4.40 Å². The molecule has 0 atom stereocenters. The second-order valence-corrected chi connectivity index (χ2v) is 5.00. The Labute approximate surface area is 135 Å². The highest BCUT2D eigenvalue weighted by atomic mass is 19.1. The number of fused-ring (bicyclic) bond motifs is 3. The topological polar surface area (TPSA) is 84.2 Å². The Kier molecular flexibility index (Phi) is 3.27. The number of halogens is 1. The maximum absolute atomic E-state index is 14.1. The number of benzene rings is 1. The van der Waals surface area contributed by atoms with E-state index in [1.807, 2.05) is 0 Å². The van der Waals surface area contributed by atoms with Crippen LogP contribution in [0.2, 0.25) is 0 Å². The molecule has 118 valence electrons. The molecule has 0 aliphatic carbocycles. The lowest BCUT2D eigenvalue weighted by Crippen LogP contribution is -2.30. The standard InChI is InChI=1S/C16H11FN6O/c17-10-3-1-4-11-14(10)23-8-2-5-13(23)15(20-11)21-22-16(24)12-9-18-6-7-19-12/h1-9H,(H,20,21)(H,22,24). The van der Waals surface area contributed by atoms with Gasteiger partial charge in [0.15, 0.2) is 5.82 Å². The van der Waals surface area contributed by atoms with Crippen molar-refractivity contribution in [3.63, 3.8) is 0 Å². The summed E-state index contributed by atoms with van der Waals surface area (Å²) in [6.45, 7) is 0. The lowest BCUT2D eigenvalue weighted by molar-refractivity contribution is 0.0957. The van der Waals surface area contributed by atoms with Crippen molar-refractivity contribution in [1.82, 2.24) is 24.8 Å². The average molecular weight is 322 g/mol. The Morgan fingerprint density at radius 3 is 2.92 bits per heavy atom. The summed E-state index contributed by atoms with van der Waals surface area (Å²) in [5, 5.41) is 0. The molecule has 7 nitrogen and oxygen atoms in total. The number of hydrazine groups is 1. The van der Waals surface area contributed by atoms with E-state index < -0.39 is 5.91 Å². The monoisotopic (exact) mass is 322 g/mol. The van der Waals surface area contributed by atoms with Crippen LogP contribution in [0.5, 0.6) is 0 Å². The van der Waals surface area contributed by atoms with Crippen LogP contribution < -0.4 is 10.9 Å². The van der Waals surface area contributed by atoms with Gasteiger partial charge in [0.1, 0.15) is 17.0 Å². The van der Waals surface area contributed by atoms with Crippen LogP contribution in [-0.2, 0) is 0 Å². The fourth-order valence-electron chi connectivity index (χ4n) is 2.47. The third-order valence-electron chi connectivity index (χ3n) is 3.52. The minimum absolute atomic E-state index is 0.170. The zero-order chi connectivity index (χ0) is 16.5. The number of rotatable bonds is 3. The molecule has 4 rings (SSSR count). The Bertz CT molecular complexity index is 1050. The normalized spacial score (nSPS) is 10.9. The minimum Gasteiger partial charge on any atom is -0.309 e. The number of carbonyl (C=O) groups excluding carboxylic acids is 1. The molecule has 1 amide bonds. The molecule has 8 heteroatoms. The highest BCUT2D eigenvalue weighted by molar-refractivity contribution is 5.93. The molecule has 0 spiro atoms. The first-order chi connectivity index (χ1) is 11.7. The van der Waals surface area contributed by atoms with Gasteiger partial charge in [0.2, 0.25) is 0 Å². The molecule has 3 aromatic heterocycles. The van der Waals surface area contributed by atoms with Gasteiger partial charge in [-0.05, 0) is 24.3 Å². The number of anilines is 1. The minimum atomic E-state index is -0.450. The molecule has 24 heavy (non-hydrogen) atoms. The number of hydrogen-bond donors (Lipinski definition) is 2. The summed E-state index contributed by atoms with van der Waals surface area (Å²) < 4.78 is 15.8. The maximum Gasteiger partial charge on any atom is 0.289 e. The number of hydrogen-bond acceptors (Lipinski definition) is 5. The van der Waals surface area contributed by atoms with E-state index in [-0.39, 0.29) is 11.5 Å². The van der Waals surface area contributed by atoms with Gasteiger partial charge in [0.25, 0.3) is 5.91 Å². The van der Waals surface area contributed by atoms with Gasteiger partial charge in [-0.1, -0.05) is 6.07 Å². The van der Waals surface area contributed by atoms with Gasteiger partial charge in [-0.2, -0.15) is 0 Å². The summed E-state index contributed by atoms with van der Waals surface area (Å²) in [6, 6.07) is 8.22. The van der Waals surface area contributed by atoms with Gasteiger partial charge >= 0.3 is 0 Å². The number of carbonyl (C=O) groups is 1. The second-order valence-electron chi connectivity index (χ2n) is 5.00. The lowest BCUT2D eigenvalue weighted by atomic mass is 10.3. The molecular formula is C16H11FN6O. The van der Waals surface area contributed by atoms with Crippen LogP contribution in [0.3, 0.4) is 0 Å². The first-order valence-electron chi connectivity index (χ1n) is 7.12. The first-order valence-corrected chi connectivity index (χ1v) is 7.12. The number of amides is 1. The van der Waals surface area contributed by atoms with Gasteiger partial charge in [0, 0.05) is 18.6 Å². The van der Waals surface area contributed by atoms with Gasteiger partial charge in [0.05, 0.1) is 17.2 Å². The largest absolute Gasteiger partial charge is 0.309 e. The second kappa shape index (κ2) is 5.58. The molecule has 1 aromatic carbocycles. The van der Waals surface area contributed by atoms with Crippen LogP contribution in [0.4, 0.5) is 10.2 Å².